The van der Waals surface area contributed by atoms with Gasteiger partial charge in [0.2, 0.25) is 0 Å². The van der Waals surface area contributed by atoms with Crippen LogP contribution >= 0.6 is 12.4 Å². The molecule has 1 aliphatic heterocycles. The van der Waals surface area contributed by atoms with Gasteiger partial charge in [0.25, 0.3) is 0 Å². The van der Waals surface area contributed by atoms with E-state index in [2.05, 4.69) is 14.7 Å². The van der Waals surface area contributed by atoms with Crippen LogP contribution in [0.1, 0.15) is 0 Å². The molecule has 1 amide bonds. The molecule has 0 saturated carbocycles. The van der Waals surface area contributed by atoms with Gasteiger partial charge in [-0.2, -0.15) is 4.99 Å². The lowest BCUT2D eigenvalue weighted by molar-refractivity contribution is 0.182. The number of carbonyl (C=O) groups excluding carboxylic acids is 1. The third-order valence-electron chi connectivity index (χ3n) is 1.23. The lowest BCUT2D eigenvalue weighted by Crippen LogP contribution is -2.20. The van der Waals surface area contributed by atoms with Gasteiger partial charge in [-0.05, 0) is 0 Å². The van der Waals surface area contributed by atoms with Crippen molar-refractivity contribution in [1.82, 2.24) is 4.90 Å². The summed E-state index contributed by atoms with van der Waals surface area (Å²) in [7, 11) is 1.28. The summed E-state index contributed by atoms with van der Waals surface area (Å²) in [6, 6.07) is 0. The minimum atomic E-state index is -0.606. The van der Waals surface area contributed by atoms with Crippen molar-refractivity contribution >= 4 is 31.1 Å². The Hall–Kier alpha value is -1.36. The number of aliphatic imine (C=N–C) groups is 2. The van der Waals surface area contributed by atoms with Crippen molar-refractivity contribution in [3.63, 3.8) is 0 Å². The first-order chi connectivity index (χ1) is 5.83. The molecule has 0 aromatic heterocycles. The monoisotopic (exact) mass is 203 g/mol. The molecule has 1 aliphatic rings. The molecule has 0 fully saturated rings. The summed E-state index contributed by atoms with van der Waals surface area (Å²) in [6.45, 7) is 0.622. The Balaban J connectivity index is 0.00000144. The predicted molar refractivity (Wildman–Crippen MR) is 52.5 cm³/mol. The van der Waals surface area contributed by atoms with Gasteiger partial charge in [0.15, 0.2) is 0 Å². The van der Waals surface area contributed by atoms with Crippen LogP contribution in [0.25, 0.3) is 0 Å². The highest BCUT2D eigenvalue weighted by molar-refractivity contribution is 5.85. The van der Waals surface area contributed by atoms with Crippen LogP contribution in [0, 0.1) is 0 Å². The standard InChI is InChI=1S/C7H9N3O2.ClH/c1-12-7(11)9-6-10-4-2-8-3-5-10;/h2-4,6H,5H2,1H3;1H. The highest BCUT2D eigenvalue weighted by Crippen LogP contribution is 1.91. The number of hydrogen-bond donors (Lipinski definition) is 0. The summed E-state index contributed by atoms with van der Waals surface area (Å²) in [5, 5.41) is 0. The summed E-state index contributed by atoms with van der Waals surface area (Å²) in [5.41, 5.74) is 0. The third-order valence-corrected chi connectivity index (χ3v) is 1.23. The smallest absolute Gasteiger partial charge is 0.434 e. The van der Waals surface area contributed by atoms with Crippen molar-refractivity contribution in [3.8, 4) is 0 Å². The molecule has 0 N–H and O–H groups in total. The van der Waals surface area contributed by atoms with E-state index in [0.717, 1.165) is 0 Å². The van der Waals surface area contributed by atoms with Crippen LogP contribution in [0.2, 0.25) is 0 Å². The van der Waals surface area contributed by atoms with Gasteiger partial charge in [-0.15, -0.1) is 12.4 Å². The molecule has 0 aromatic rings. The Bertz CT molecular complexity index is 250. The molecule has 0 unspecified atom stereocenters. The maximum absolute atomic E-state index is 10.5. The number of ether oxygens (including phenoxy) is 1. The van der Waals surface area contributed by atoms with Gasteiger partial charge >= 0.3 is 6.09 Å². The number of amides is 1. The molecule has 6 heteroatoms. The van der Waals surface area contributed by atoms with E-state index >= 15 is 0 Å². The number of carbonyl (C=O) groups is 1. The Labute approximate surface area is 82.2 Å². The Kier molecular flexibility index (Phi) is 5.54. The highest BCUT2D eigenvalue weighted by Gasteiger charge is 1.97. The molecule has 0 radical (unpaired) electrons. The molecule has 5 nitrogen and oxygen atoms in total. The van der Waals surface area contributed by atoms with E-state index in [1.54, 1.807) is 23.5 Å². The molecule has 0 bridgehead atoms. The minimum Gasteiger partial charge on any atom is -0.451 e. The summed E-state index contributed by atoms with van der Waals surface area (Å²) in [6.07, 6.45) is 5.83. The molecule has 1 heterocycles. The maximum atomic E-state index is 10.5. The summed E-state index contributed by atoms with van der Waals surface area (Å²) in [4.78, 5) is 19.6. The van der Waals surface area contributed by atoms with E-state index < -0.39 is 6.09 Å². The summed E-state index contributed by atoms with van der Waals surface area (Å²) in [5.74, 6) is 0. The average Bonchev–Trinajstić information content (AvgIpc) is 2.16. The van der Waals surface area contributed by atoms with Crippen LogP contribution in [0.15, 0.2) is 22.4 Å². The maximum Gasteiger partial charge on any atom is 0.434 e. The second-order valence-corrected chi connectivity index (χ2v) is 2.04. The lowest BCUT2D eigenvalue weighted by atomic mass is 10.5. The highest BCUT2D eigenvalue weighted by atomic mass is 35.5. The summed E-state index contributed by atoms with van der Waals surface area (Å²) >= 11 is 0. The number of methoxy groups -OCH3 is 1. The lowest BCUT2D eigenvalue weighted by Gasteiger charge is -2.12. The molecular formula is C7H10ClN3O2. The quantitative estimate of drug-likeness (QED) is 0.473. The normalized spacial score (nSPS) is 14.4. The van der Waals surface area contributed by atoms with Gasteiger partial charge in [-0.3, -0.25) is 4.99 Å². The molecule has 0 spiro atoms. The van der Waals surface area contributed by atoms with E-state index in [9.17, 15) is 4.79 Å². The molecule has 1 rings (SSSR count). The topological polar surface area (TPSA) is 54.3 Å². The van der Waals surface area contributed by atoms with E-state index in [-0.39, 0.29) is 12.4 Å². The average molecular weight is 204 g/mol. The van der Waals surface area contributed by atoms with E-state index in [0.29, 0.717) is 6.54 Å². The van der Waals surface area contributed by atoms with Crippen LogP contribution in [-0.2, 0) is 4.74 Å². The second kappa shape index (κ2) is 6.19. The first-order valence-electron chi connectivity index (χ1n) is 3.39. The van der Waals surface area contributed by atoms with E-state index in [4.69, 9.17) is 0 Å². The van der Waals surface area contributed by atoms with Crippen LogP contribution < -0.4 is 0 Å². The third kappa shape index (κ3) is 4.27. The molecule has 0 aromatic carbocycles. The van der Waals surface area contributed by atoms with Crippen molar-refractivity contribution in [1.29, 1.82) is 0 Å². The van der Waals surface area contributed by atoms with Crippen molar-refractivity contribution in [3.05, 3.63) is 12.4 Å². The van der Waals surface area contributed by atoms with Crippen molar-refractivity contribution in [2.24, 2.45) is 9.98 Å². The summed E-state index contributed by atoms with van der Waals surface area (Å²) < 4.78 is 4.32. The van der Waals surface area contributed by atoms with Crippen LogP contribution in [-0.4, -0.2) is 37.2 Å². The van der Waals surface area contributed by atoms with Gasteiger partial charge < -0.3 is 9.64 Å². The van der Waals surface area contributed by atoms with Crippen LogP contribution in [0.3, 0.4) is 0 Å². The van der Waals surface area contributed by atoms with Gasteiger partial charge in [0.1, 0.15) is 6.34 Å². The van der Waals surface area contributed by atoms with Gasteiger partial charge in [0.05, 0.1) is 13.7 Å². The zero-order valence-electron chi connectivity index (χ0n) is 7.08. The Morgan fingerprint density at radius 1 is 1.77 bits per heavy atom. The largest absolute Gasteiger partial charge is 0.451 e. The zero-order valence-corrected chi connectivity index (χ0v) is 7.90. The molecule has 13 heavy (non-hydrogen) atoms. The number of halogens is 1. The van der Waals surface area contributed by atoms with Crippen LogP contribution in [0.4, 0.5) is 4.79 Å². The fourth-order valence-electron chi connectivity index (χ4n) is 0.647. The first kappa shape index (κ1) is 11.6. The van der Waals surface area contributed by atoms with Gasteiger partial charge in [0, 0.05) is 18.6 Å². The number of rotatable bonds is 1. The molecule has 0 aliphatic carbocycles. The number of nitrogens with zero attached hydrogens (tertiary/aromatic N) is 3. The minimum absolute atomic E-state index is 0. The van der Waals surface area contributed by atoms with Crippen LogP contribution in [0.5, 0.6) is 0 Å². The first-order valence-corrected chi connectivity index (χ1v) is 3.39. The zero-order chi connectivity index (χ0) is 8.81. The molecule has 0 saturated heterocycles. The van der Waals surface area contributed by atoms with E-state index in [1.165, 1.54) is 13.4 Å². The Morgan fingerprint density at radius 3 is 3.08 bits per heavy atom. The van der Waals surface area contributed by atoms with Gasteiger partial charge in [-0.1, -0.05) is 0 Å². The molecule has 0 atom stereocenters. The molecular weight excluding hydrogens is 194 g/mol. The second-order valence-electron chi connectivity index (χ2n) is 2.04. The number of hydrogen-bond acceptors (Lipinski definition) is 3. The van der Waals surface area contributed by atoms with Crippen molar-refractivity contribution < 1.29 is 9.53 Å². The van der Waals surface area contributed by atoms with Crippen molar-refractivity contribution in [2.45, 2.75) is 0 Å². The fraction of sp³-hybridized carbons (Fsp3) is 0.286. The SMILES string of the molecule is COC(=O)N=CN1C=CN=CC1.Cl. The fourth-order valence-corrected chi connectivity index (χ4v) is 0.647. The van der Waals surface area contributed by atoms with E-state index in [1.807, 2.05) is 0 Å². The van der Waals surface area contributed by atoms with Crippen molar-refractivity contribution in [2.75, 3.05) is 13.7 Å². The van der Waals surface area contributed by atoms with Gasteiger partial charge in [-0.25, -0.2) is 4.79 Å². The Morgan fingerprint density at radius 2 is 2.54 bits per heavy atom. The predicted octanol–water partition coefficient (Wildman–Crippen LogP) is 1.06. The molecule has 72 valence electrons.